The summed E-state index contributed by atoms with van der Waals surface area (Å²) in [5.74, 6) is 0.396. The standard InChI is InChI=1S/C38H53O4P/c1-24-20-25(21-30(32(24)39)37(8,9)10)16-15-19-40-43-41-33-27(17-14-18-29(33)36(5,6)7)28-22-26(35(2,3)4)23-31(34(28)42-43)38(11,12)13/h14,17-18,20-23,39H,15-16,19H2,1-13H3. The number of benzene rings is 3. The first-order valence-electron chi connectivity index (χ1n) is 15.6. The molecule has 0 amide bonds. The molecule has 234 valence electrons. The first-order chi connectivity index (χ1) is 19.7. The number of phenols is 1. The zero-order valence-electron chi connectivity index (χ0n) is 28.8. The number of aryl methyl sites for hydroxylation is 2. The predicted octanol–water partition coefficient (Wildman–Crippen LogP) is 11.6. The van der Waals surface area contributed by atoms with E-state index in [-0.39, 0.29) is 21.7 Å². The number of para-hydroxylation sites is 1. The molecule has 0 bridgehead atoms. The van der Waals surface area contributed by atoms with E-state index in [9.17, 15) is 5.11 Å². The largest absolute Gasteiger partial charge is 0.507 e. The van der Waals surface area contributed by atoms with Crippen LogP contribution in [0.2, 0.25) is 0 Å². The molecule has 0 radical (unpaired) electrons. The van der Waals surface area contributed by atoms with Crippen molar-refractivity contribution in [1.82, 2.24) is 0 Å². The van der Waals surface area contributed by atoms with Crippen LogP contribution in [0.1, 0.15) is 123 Å². The second-order valence-corrected chi connectivity index (χ2v) is 17.3. The minimum atomic E-state index is -1.69. The van der Waals surface area contributed by atoms with Gasteiger partial charge >= 0.3 is 8.24 Å². The van der Waals surface area contributed by atoms with Gasteiger partial charge in [0, 0.05) is 21.9 Å². The second kappa shape index (κ2) is 11.7. The third-order valence-corrected chi connectivity index (χ3v) is 9.24. The summed E-state index contributed by atoms with van der Waals surface area (Å²) in [6.07, 6.45) is 1.66. The number of fused-ring (bicyclic) bond motifs is 3. The van der Waals surface area contributed by atoms with Crippen molar-refractivity contribution in [3.05, 3.63) is 75.8 Å². The lowest BCUT2D eigenvalue weighted by molar-refractivity contribution is 0.363. The Morgan fingerprint density at radius 3 is 1.81 bits per heavy atom. The highest BCUT2D eigenvalue weighted by Crippen LogP contribution is 2.43. The molecule has 4 nitrogen and oxygen atoms in total. The van der Waals surface area contributed by atoms with E-state index in [1.807, 2.05) is 6.92 Å². The second-order valence-electron chi connectivity index (χ2n) is 16.2. The van der Waals surface area contributed by atoms with Gasteiger partial charge in [-0.15, -0.1) is 0 Å². The van der Waals surface area contributed by atoms with Crippen LogP contribution in [-0.4, -0.2) is 11.7 Å². The van der Waals surface area contributed by atoms with E-state index in [1.165, 1.54) is 11.1 Å². The van der Waals surface area contributed by atoms with Gasteiger partial charge in [-0.2, -0.15) is 0 Å². The molecule has 43 heavy (non-hydrogen) atoms. The van der Waals surface area contributed by atoms with Crippen molar-refractivity contribution in [2.75, 3.05) is 6.61 Å². The molecule has 1 unspecified atom stereocenters. The molecule has 0 aliphatic heterocycles. The minimum Gasteiger partial charge on any atom is -0.507 e. The first kappa shape index (κ1) is 33.2. The molecule has 1 aromatic heterocycles. The van der Waals surface area contributed by atoms with Crippen LogP contribution >= 0.6 is 8.24 Å². The summed E-state index contributed by atoms with van der Waals surface area (Å²) < 4.78 is 20.0. The molecule has 0 saturated carbocycles. The van der Waals surface area contributed by atoms with E-state index in [0.29, 0.717) is 12.4 Å². The SMILES string of the molecule is Cc1cc(CCCOp2oc3c(C(C)(C)C)cccc3c3cc(C(C)(C)C)cc(C(C)(C)C)c3o2)cc(C(C)(C)C)c1O. The van der Waals surface area contributed by atoms with E-state index in [2.05, 4.69) is 126 Å². The van der Waals surface area contributed by atoms with Crippen molar-refractivity contribution in [3.8, 4) is 5.75 Å². The van der Waals surface area contributed by atoms with Crippen LogP contribution in [0.15, 0.2) is 50.9 Å². The van der Waals surface area contributed by atoms with Gasteiger partial charge in [0.1, 0.15) is 16.9 Å². The van der Waals surface area contributed by atoms with Crippen LogP contribution in [0.25, 0.3) is 21.9 Å². The number of aromatic hydroxyl groups is 1. The average molecular weight is 605 g/mol. The van der Waals surface area contributed by atoms with Crippen LogP contribution < -0.4 is 4.52 Å². The van der Waals surface area contributed by atoms with Gasteiger partial charge in [0.2, 0.25) is 0 Å². The molecule has 3 aromatic carbocycles. The van der Waals surface area contributed by atoms with Crippen LogP contribution in [0.5, 0.6) is 5.75 Å². The number of hydrogen-bond donors (Lipinski definition) is 1. The zero-order chi connectivity index (χ0) is 32.1. The molecule has 4 aromatic rings. The van der Waals surface area contributed by atoms with Crippen molar-refractivity contribution >= 4 is 30.2 Å². The molecule has 1 heterocycles. The highest BCUT2D eigenvalue weighted by atomic mass is 31.1. The monoisotopic (exact) mass is 604 g/mol. The van der Waals surface area contributed by atoms with E-state index in [1.54, 1.807) is 0 Å². The maximum absolute atomic E-state index is 10.7. The highest BCUT2D eigenvalue weighted by molar-refractivity contribution is 7.31. The maximum Gasteiger partial charge on any atom is 0.387 e. The molecule has 0 spiro atoms. The van der Waals surface area contributed by atoms with Crippen LogP contribution in [0, 0.1) is 6.92 Å². The average Bonchev–Trinajstić information content (AvgIpc) is 3.01. The Kier molecular flexibility index (Phi) is 9.02. The highest BCUT2D eigenvalue weighted by Gasteiger charge is 2.27. The summed E-state index contributed by atoms with van der Waals surface area (Å²) in [4.78, 5) is 0. The van der Waals surface area contributed by atoms with Crippen molar-refractivity contribution in [3.63, 3.8) is 0 Å². The van der Waals surface area contributed by atoms with E-state index in [4.69, 9.17) is 12.9 Å². The lowest BCUT2D eigenvalue weighted by Gasteiger charge is -2.25. The third-order valence-electron chi connectivity index (χ3n) is 8.18. The molecule has 0 aliphatic rings. The Bertz CT molecular complexity index is 1670. The molecular weight excluding hydrogens is 551 g/mol. The van der Waals surface area contributed by atoms with Gasteiger partial charge in [-0.1, -0.05) is 119 Å². The molecule has 4 rings (SSSR count). The zero-order valence-corrected chi connectivity index (χ0v) is 29.7. The Balaban J connectivity index is 1.83. The van der Waals surface area contributed by atoms with Crippen molar-refractivity contribution in [2.24, 2.45) is 0 Å². The Labute approximate surface area is 260 Å². The van der Waals surface area contributed by atoms with Crippen molar-refractivity contribution in [1.29, 1.82) is 0 Å². The van der Waals surface area contributed by atoms with Gasteiger partial charge in [0.05, 0.1) is 6.61 Å². The Morgan fingerprint density at radius 2 is 1.26 bits per heavy atom. The van der Waals surface area contributed by atoms with Crippen LogP contribution in [-0.2, 0) is 28.1 Å². The predicted molar refractivity (Wildman–Crippen MR) is 184 cm³/mol. The summed E-state index contributed by atoms with van der Waals surface area (Å²) in [5.41, 5.74) is 7.99. The van der Waals surface area contributed by atoms with E-state index in [0.717, 1.165) is 57.0 Å². The Morgan fingerprint density at radius 1 is 0.674 bits per heavy atom. The fourth-order valence-corrected chi connectivity index (χ4v) is 6.67. The van der Waals surface area contributed by atoms with E-state index < -0.39 is 8.24 Å². The number of phenolic OH excluding ortho intramolecular Hbond substituents is 1. The van der Waals surface area contributed by atoms with Crippen LogP contribution in [0.3, 0.4) is 0 Å². The van der Waals surface area contributed by atoms with E-state index >= 15 is 0 Å². The van der Waals surface area contributed by atoms with Gasteiger partial charge in [0.25, 0.3) is 0 Å². The van der Waals surface area contributed by atoms with Crippen molar-refractivity contribution in [2.45, 2.75) is 125 Å². The lowest BCUT2D eigenvalue weighted by atomic mass is 9.79. The summed E-state index contributed by atoms with van der Waals surface area (Å²) >= 11 is 0. The van der Waals surface area contributed by atoms with Gasteiger partial charge in [-0.3, -0.25) is 4.52 Å². The normalized spacial score (nSPS) is 13.7. The van der Waals surface area contributed by atoms with Gasteiger partial charge in [-0.05, 0) is 69.7 Å². The fourth-order valence-electron chi connectivity index (χ4n) is 5.56. The van der Waals surface area contributed by atoms with Gasteiger partial charge < -0.3 is 13.5 Å². The first-order valence-corrected chi connectivity index (χ1v) is 16.7. The molecule has 5 heteroatoms. The fraction of sp³-hybridized carbons (Fsp3) is 0.526. The van der Waals surface area contributed by atoms with Gasteiger partial charge in [0.15, 0.2) is 0 Å². The number of rotatable bonds is 5. The summed E-state index contributed by atoms with van der Waals surface area (Å²) in [5, 5.41) is 12.8. The Hall–Kier alpha value is -2.68. The van der Waals surface area contributed by atoms with Crippen LogP contribution in [0.4, 0.5) is 0 Å². The van der Waals surface area contributed by atoms with Gasteiger partial charge in [-0.25, -0.2) is 0 Å². The summed E-state index contributed by atoms with van der Waals surface area (Å²) in [7, 11) is -1.69. The molecule has 0 aliphatic carbocycles. The lowest BCUT2D eigenvalue weighted by Crippen LogP contribution is -2.16. The minimum absolute atomic E-state index is 0.0232. The summed E-state index contributed by atoms with van der Waals surface area (Å²) in [6, 6.07) is 15.3. The summed E-state index contributed by atoms with van der Waals surface area (Å²) in [6.45, 7) is 29.1. The van der Waals surface area contributed by atoms with Crippen molar-refractivity contribution < 1.29 is 18.0 Å². The topological polar surface area (TPSA) is 55.7 Å². The third kappa shape index (κ3) is 7.35. The molecule has 0 fully saturated rings. The smallest absolute Gasteiger partial charge is 0.387 e. The molecule has 1 atom stereocenters. The molecule has 0 saturated heterocycles. The molecular formula is C38H53O4P. The quantitative estimate of drug-likeness (QED) is 0.230. The maximum atomic E-state index is 10.7. The number of hydrogen-bond acceptors (Lipinski definition) is 4. The molecule has 1 N–H and O–H groups in total.